The quantitative estimate of drug-likeness (QED) is 0.251. The molecule has 9 heteroatoms. The maximum atomic E-state index is 13.5. The lowest BCUT2D eigenvalue weighted by Crippen LogP contribution is -2.38. The molecule has 0 aliphatic carbocycles. The van der Waals surface area contributed by atoms with Crippen molar-refractivity contribution < 1.29 is 17.6 Å². The first kappa shape index (κ1) is 25.6. The molecule has 0 saturated carbocycles. The van der Waals surface area contributed by atoms with Gasteiger partial charge in [-0.3, -0.25) is 9.10 Å². The Morgan fingerprint density at radius 3 is 2.24 bits per heavy atom. The van der Waals surface area contributed by atoms with Crippen molar-refractivity contribution in [3.05, 3.63) is 108 Å². The molecule has 0 atom stereocenters. The molecule has 192 valence electrons. The molecule has 0 spiro atoms. The van der Waals surface area contributed by atoms with Gasteiger partial charge in [-0.15, -0.1) is 11.3 Å². The van der Waals surface area contributed by atoms with Crippen molar-refractivity contribution in [1.29, 1.82) is 0 Å². The number of anilines is 2. The van der Waals surface area contributed by atoms with E-state index in [4.69, 9.17) is 0 Å². The summed E-state index contributed by atoms with van der Waals surface area (Å²) in [5, 5.41) is 3.63. The smallest absolute Gasteiger partial charge is 0.264 e. The molecule has 1 amide bonds. The van der Waals surface area contributed by atoms with E-state index in [0.29, 0.717) is 5.69 Å². The van der Waals surface area contributed by atoms with Crippen LogP contribution in [-0.4, -0.2) is 25.9 Å². The first-order valence-electron chi connectivity index (χ1n) is 11.8. The average molecular weight is 546 g/mol. The summed E-state index contributed by atoms with van der Waals surface area (Å²) in [6, 6.07) is 24.7. The van der Waals surface area contributed by atoms with E-state index in [-0.39, 0.29) is 10.6 Å². The van der Waals surface area contributed by atoms with Crippen molar-refractivity contribution in [2.75, 3.05) is 16.2 Å². The molecule has 1 heterocycles. The zero-order valence-electron chi connectivity index (χ0n) is 20.7. The lowest BCUT2D eigenvalue weighted by Gasteiger charge is -2.24. The monoisotopic (exact) mass is 545 g/mol. The second kappa shape index (κ2) is 10.4. The van der Waals surface area contributed by atoms with Gasteiger partial charge >= 0.3 is 0 Å². The standard InChI is InChI=1S/C29H24FN3O3S2/c1-19-3-14-25(15-4-19)38(35,36)33(24-12-8-22(30)9-13-24)18-28(34)31-23-10-6-21(7-11-23)29-32-26-16-5-20(2)17-27(26)37-29/h3-17H,18H2,1-2H3,(H,31,34). The van der Waals surface area contributed by atoms with Crippen molar-refractivity contribution in [2.45, 2.75) is 18.7 Å². The van der Waals surface area contributed by atoms with Crippen LogP contribution in [0.2, 0.25) is 0 Å². The van der Waals surface area contributed by atoms with Crippen molar-refractivity contribution in [3.8, 4) is 10.6 Å². The SMILES string of the molecule is Cc1ccc(S(=O)(=O)N(CC(=O)Nc2ccc(-c3nc4ccc(C)cc4s3)cc2)c2ccc(F)cc2)cc1. The highest BCUT2D eigenvalue weighted by Gasteiger charge is 2.27. The Labute approximate surface area is 224 Å². The minimum Gasteiger partial charge on any atom is -0.325 e. The van der Waals surface area contributed by atoms with Gasteiger partial charge in [0.05, 0.1) is 20.8 Å². The molecule has 0 fully saturated rings. The maximum absolute atomic E-state index is 13.5. The third-order valence-corrected chi connectivity index (χ3v) is 8.83. The van der Waals surface area contributed by atoms with Crippen molar-refractivity contribution in [2.24, 2.45) is 0 Å². The van der Waals surface area contributed by atoms with Gasteiger partial charge in [0.25, 0.3) is 10.0 Å². The number of thiazole rings is 1. The lowest BCUT2D eigenvalue weighted by atomic mass is 10.2. The molecule has 4 aromatic carbocycles. The van der Waals surface area contributed by atoms with Gasteiger partial charge in [0.1, 0.15) is 17.4 Å². The van der Waals surface area contributed by atoms with Gasteiger partial charge in [0.15, 0.2) is 0 Å². The molecule has 0 unspecified atom stereocenters. The van der Waals surface area contributed by atoms with Crippen LogP contribution in [0.5, 0.6) is 0 Å². The molecule has 0 bridgehead atoms. The number of aryl methyl sites for hydroxylation is 2. The van der Waals surface area contributed by atoms with Crippen molar-refractivity contribution in [1.82, 2.24) is 4.98 Å². The summed E-state index contributed by atoms with van der Waals surface area (Å²) >= 11 is 1.59. The predicted molar refractivity (Wildman–Crippen MR) is 151 cm³/mol. The van der Waals surface area contributed by atoms with Gasteiger partial charge < -0.3 is 5.32 Å². The Kier molecular flexibility index (Phi) is 6.96. The largest absolute Gasteiger partial charge is 0.325 e. The number of nitrogens with zero attached hydrogens (tertiary/aromatic N) is 2. The molecule has 1 N–H and O–H groups in total. The fourth-order valence-electron chi connectivity index (χ4n) is 3.94. The first-order valence-corrected chi connectivity index (χ1v) is 14.1. The van der Waals surface area contributed by atoms with E-state index in [1.165, 1.54) is 29.8 Å². The fraction of sp³-hybridized carbons (Fsp3) is 0.103. The number of hydrogen-bond donors (Lipinski definition) is 1. The van der Waals surface area contributed by atoms with Gasteiger partial charge in [0, 0.05) is 11.3 Å². The highest BCUT2D eigenvalue weighted by atomic mass is 32.2. The number of rotatable bonds is 7. The molecule has 0 saturated heterocycles. The highest BCUT2D eigenvalue weighted by Crippen LogP contribution is 2.31. The van der Waals surface area contributed by atoms with Crippen LogP contribution in [0.15, 0.2) is 95.9 Å². The van der Waals surface area contributed by atoms with Crippen LogP contribution in [0.1, 0.15) is 11.1 Å². The number of halogens is 1. The Balaban J connectivity index is 1.36. The molecule has 0 aliphatic heterocycles. The number of carbonyl (C=O) groups excluding carboxylic acids is 1. The summed E-state index contributed by atoms with van der Waals surface area (Å²) in [7, 11) is -4.09. The van der Waals surface area contributed by atoms with Crippen LogP contribution in [0, 0.1) is 19.7 Å². The lowest BCUT2D eigenvalue weighted by molar-refractivity contribution is -0.114. The van der Waals surface area contributed by atoms with Crippen LogP contribution in [0.3, 0.4) is 0 Å². The van der Waals surface area contributed by atoms with E-state index in [1.54, 1.807) is 35.6 Å². The minimum atomic E-state index is -4.09. The number of hydrogen-bond acceptors (Lipinski definition) is 5. The Morgan fingerprint density at radius 1 is 0.895 bits per heavy atom. The number of sulfonamides is 1. The van der Waals surface area contributed by atoms with Gasteiger partial charge in [0.2, 0.25) is 5.91 Å². The third kappa shape index (κ3) is 5.44. The predicted octanol–water partition coefficient (Wildman–Crippen LogP) is 6.55. The summed E-state index contributed by atoms with van der Waals surface area (Å²) in [6.45, 7) is 3.41. The normalized spacial score (nSPS) is 11.4. The van der Waals surface area contributed by atoms with E-state index in [2.05, 4.69) is 16.4 Å². The van der Waals surface area contributed by atoms with Crippen LogP contribution in [0.25, 0.3) is 20.8 Å². The maximum Gasteiger partial charge on any atom is 0.264 e. The molecule has 5 aromatic rings. The summed E-state index contributed by atoms with van der Waals surface area (Å²) < 4.78 is 42.5. The number of aromatic nitrogens is 1. The summed E-state index contributed by atoms with van der Waals surface area (Å²) in [5.41, 5.74) is 4.62. The third-order valence-electron chi connectivity index (χ3n) is 5.97. The topological polar surface area (TPSA) is 79.4 Å². The zero-order chi connectivity index (χ0) is 26.9. The van der Waals surface area contributed by atoms with E-state index in [9.17, 15) is 17.6 Å². The molecular weight excluding hydrogens is 521 g/mol. The number of nitrogens with one attached hydrogen (secondary N) is 1. The van der Waals surface area contributed by atoms with Crippen LogP contribution in [0.4, 0.5) is 15.8 Å². The second-order valence-corrected chi connectivity index (χ2v) is 11.8. The molecule has 6 nitrogen and oxygen atoms in total. The second-order valence-electron chi connectivity index (χ2n) is 8.92. The number of carbonyl (C=O) groups is 1. The highest BCUT2D eigenvalue weighted by molar-refractivity contribution is 7.92. The molecule has 1 aromatic heterocycles. The van der Waals surface area contributed by atoms with Gasteiger partial charge in [-0.05, 0) is 92.2 Å². The number of benzene rings is 4. The van der Waals surface area contributed by atoms with E-state index in [1.807, 2.05) is 38.1 Å². The Bertz CT molecular complexity index is 1710. The van der Waals surface area contributed by atoms with Gasteiger partial charge in [-0.1, -0.05) is 23.8 Å². The minimum absolute atomic E-state index is 0.0376. The molecule has 0 aliphatic rings. The number of fused-ring (bicyclic) bond motifs is 1. The Morgan fingerprint density at radius 2 is 1.55 bits per heavy atom. The number of amides is 1. The van der Waals surface area contributed by atoms with Crippen LogP contribution in [-0.2, 0) is 14.8 Å². The van der Waals surface area contributed by atoms with E-state index in [0.717, 1.165) is 42.8 Å². The van der Waals surface area contributed by atoms with Gasteiger partial charge in [-0.2, -0.15) is 0 Å². The fourth-order valence-corrected chi connectivity index (χ4v) is 6.43. The molecular formula is C29H24FN3O3S2. The first-order chi connectivity index (χ1) is 18.2. The van der Waals surface area contributed by atoms with Crippen LogP contribution < -0.4 is 9.62 Å². The summed E-state index contributed by atoms with van der Waals surface area (Å²) in [5.74, 6) is -1.04. The van der Waals surface area contributed by atoms with Crippen molar-refractivity contribution in [3.63, 3.8) is 0 Å². The molecule has 0 radical (unpaired) electrons. The van der Waals surface area contributed by atoms with Gasteiger partial charge in [-0.25, -0.2) is 17.8 Å². The van der Waals surface area contributed by atoms with Crippen LogP contribution >= 0.6 is 11.3 Å². The van der Waals surface area contributed by atoms with E-state index < -0.39 is 28.3 Å². The Hall–Kier alpha value is -4.08. The zero-order valence-corrected chi connectivity index (χ0v) is 22.3. The van der Waals surface area contributed by atoms with E-state index >= 15 is 0 Å². The average Bonchev–Trinajstić information content (AvgIpc) is 3.32. The molecule has 5 rings (SSSR count). The molecule has 38 heavy (non-hydrogen) atoms. The van der Waals surface area contributed by atoms with Crippen molar-refractivity contribution >= 4 is 48.9 Å². The summed E-state index contributed by atoms with van der Waals surface area (Å²) in [4.78, 5) is 17.7. The summed E-state index contributed by atoms with van der Waals surface area (Å²) in [6.07, 6.45) is 0.